The fourth-order valence-electron chi connectivity index (χ4n) is 4.80. The van der Waals surface area contributed by atoms with Gasteiger partial charge in [0.15, 0.2) is 0 Å². The highest BCUT2D eigenvalue weighted by molar-refractivity contribution is 5.98. The zero-order valence-corrected chi connectivity index (χ0v) is 20.7. The van der Waals surface area contributed by atoms with Crippen LogP contribution >= 0.6 is 0 Å². The number of amides is 2. The number of aromatic nitrogens is 3. The minimum atomic E-state index is -0.638. The quantitative estimate of drug-likeness (QED) is 0.289. The first-order chi connectivity index (χ1) is 18.0. The van der Waals surface area contributed by atoms with Crippen LogP contribution in [0.1, 0.15) is 34.2 Å². The number of hydrogen-bond donors (Lipinski definition) is 4. The molecule has 188 valence electrons. The Kier molecular flexibility index (Phi) is 6.55. The van der Waals surface area contributed by atoms with Crippen molar-refractivity contribution in [3.63, 3.8) is 0 Å². The summed E-state index contributed by atoms with van der Waals surface area (Å²) >= 11 is 0. The molecule has 0 bridgehead atoms. The summed E-state index contributed by atoms with van der Waals surface area (Å²) < 4.78 is 0. The molecule has 4 N–H and O–H groups in total. The Balaban J connectivity index is 1.40. The minimum absolute atomic E-state index is 0.206. The number of hydrogen-bond acceptors (Lipinski definition) is 6. The molecule has 0 unspecified atom stereocenters. The van der Waals surface area contributed by atoms with E-state index in [0.29, 0.717) is 36.5 Å². The Hall–Kier alpha value is -4.73. The van der Waals surface area contributed by atoms with Crippen molar-refractivity contribution in [1.29, 1.82) is 0 Å². The van der Waals surface area contributed by atoms with E-state index in [4.69, 9.17) is 0 Å². The van der Waals surface area contributed by atoms with E-state index >= 15 is 0 Å². The number of likely N-dealkylation sites (N-methyl/N-ethyl adjacent to an activating group) is 1. The molecule has 0 spiro atoms. The average molecular weight is 497 g/mol. The topological polar surface area (TPSA) is 131 Å². The van der Waals surface area contributed by atoms with Crippen LogP contribution in [0.3, 0.4) is 0 Å². The van der Waals surface area contributed by atoms with Crippen LogP contribution in [0.25, 0.3) is 10.9 Å². The SMILES string of the molecule is C=Nc1cc(NCc2cn[nH]c2C(=O)N2Cc3[nH]c4ccccc4c3C[C@@H]2C(=O)NC)ccc1N=CC. The molecule has 0 radical (unpaired) electrons. The molecule has 1 aliphatic rings. The number of fused-ring (bicyclic) bond motifs is 3. The average Bonchev–Trinajstić information content (AvgIpc) is 3.55. The number of para-hydroxylation sites is 1. The van der Waals surface area contributed by atoms with Crippen LogP contribution in [0, 0.1) is 0 Å². The Morgan fingerprint density at radius 2 is 2.08 bits per heavy atom. The lowest BCUT2D eigenvalue weighted by atomic mass is 9.95. The van der Waals surface area contributed by atoms with Gasteiger partial charge in [-0.2, -0.15) is 5.10 Å². The molecule has 10 heteroatoms. The number of aromatic amines is 2. The first-order valence-electron chi connectivity index (χ1n) is 12.0. The first kappa shape index (κ1) is 24.0. The lowest BCUT2D eigenvalue weighted by Gasteiger charge is -2.34. The number of nitrogens with one attached hydrogen (secondary N) is 4. The molecular weight excluding hydrogens is 468 g/mol. The Bertz CT molecular complexity index is 1520. The van der Waals surface area contributed by atoms with Crippen LogP contribution in [-0.2, 0) is 24.3 Å². The first-order valence-corrected chi connectivity index (χ1v) is 12.0. The normalized spacial score (nSPS) is 15.1. The molecule has 0 aliphatic carbocycles. The summed E-state index contributed by atoms with van der Waals surface area (Å²) in [5, 5.41) is 14.1. The van der Waals surface area contributed by atoms with Crippen LogP contribution in [0.15, 0.2) is 58.6 Å². The Morgan fingerprint density at radius 1 is 1.24 bits per heavy atom. The summed E-state index contributed by atoms with van der Waals surface area (Å²) in [5.41, 5.74) is 6.22. The summed E-state index contributed by atoms with van der Waals surface area (Å²) in [7, 11) is 1.59. The van der Waals surface area contributed by atoms with Gasteiger partial charge in [0, 0.05) is 54.1 Å². The highest BCUT2D eigenvalue weighted by atomic mass is 16.2. The summed E-state index contributed by atoms with van der Waals surface area (Å²) in [4.78, 5) is 40.0. The maximum Gasteiger partial charge on any atom is 0.273 e. The second kappa shape index (κ2) is 10.1. The molecule has 4 aromatic rings. The molecule has 3 heterocycles. The van der Waals surface area contributed by atoms with Gasteiger partial charge in [0.1, 0.15) is 11.7 Å². The van der Waals surface area contributed by atoms with E-state index in [-0.39, 0.29) is 11.8 Å². The van der Waals surface area contributed by atoms with Gasteiger partial charge in [-0.25, -0.2) is 0 Å². The third kappa shape index (κ3) is 4.49. The van der Waals surface area contributed by atoms with Crippen molar-refractivity contribution >= 4 is 52.7 Å². The van der Waals surface area contributed by atoms with Crippen molar-refractivity contribution in [2.24, 2.45) is 9.98 Å². The van der Waals surface area contributed by atoms with Gasteiger partial charge < -0.3 is 20.5 Å². The number of benzene rings is 2. The van der Waals surface area contributed by atoms with Crippen molar-refractivity contribution in [1.82, 2.24) is 25.4 Å². The van der Waals surface area contributed by atoms with E-state index in [9.17, 15) is 9.59 Å². The molecule has 10 nitrogen and oxygen atoms in total. The van der Waals surface area contributed by atoms with E-state index in [1.54, 1.807) is 24.4 Å². The van der Waals surface area contributed by atoms with Gasteiger partial charge in [-0.05, 0) is 43.5 Å². The lowest BCUT2D eigenvalue weighted by molar-refractivity contribution is -0.125. The fourth-order valence-corrected chi connectivity index (χ4v) is 4.80. The van der Waals surface area contributed by atoms with E-state index in [2.05, 4.69) is 42.5 Å². The third-order valence-corrected chi connectivity index (χ3v) is 6.64. The van der Waals surface area contributed by atoms with Gasteiger partial charge >= 0.3 is 0 Å². The molecule has 0 saturated heterocycles. The molecule has 0 saturated carbocycles. The van der Waals surface area contributed by atoms with Crippen LogP contribution in [0.5, 0.6) is 0 Å². The fraction of sp³-hybridized carbons (Fsp3) is 0.222. The van der Waals surface area contributed by atoms with E-state index < -0.39 is 6.04 Å². The van der Waals surface area contributed by atoms with E-state index in [1.165, 1.54) is 0 Å². The predicted octanol–water partition coefficient (Wildman–Crippen LogP) is 3.87. The molecule has 1 atom stereocenters. The van der Waals surface area contributed by atoms with Crippen molar-refractivity contribution in [2.45, 2.75) is 32.5 Å². The van der Waals surface area contributed by atoms with Crippen LogP contribution in [-0.4, -0.2) is 57.9 Å². The number of aliphatic imine (C=N–C) groups is 2. The van der Waals surface area contributed by atoms with Crippen LogP contribution in [0.2, 0.25) is 0 Å². The monoisotopic (exact) mass is 496 g/mol. The second-order valence-corrected chi connectivity index (χ2v) is 8.77. The van der Waals surface area contributed by atoms with E-state index in [1.807, 2.05) is 49.4 Å². The number of anilines is 1. The summed E-state index contributed by atoms with van der Waals surface area (Å²) in [5.74, 6) is -0.490. The van der Waals surface area contributed by atoms with Crippen LogP contribution < -0.4 is 10.6 Å². The standard InChI is InChI=1S/C27H28N8O2/c1-4-30-21-10-9-17(11-22(21)28-2)31-13-16-14-32-34-25(16)27(37)35-15-23-19(12-24(35)26(36)29-3)18-7-5-6-8-20(18)33-23/h4-11,14,24,31,33H,2,12-13,15H2,1,3H3,(H,29,36)(H,32,34)/t24-/m1/s1. The third-order valence-electron chi connectivity index (χ3n) is 6.64. The number of carbonyl (C=O) groups is 2. The van der Waals surface area contributed by atoms with Gasteiger partial charge in [-0.15, -0.1) is 0 Å². The molecule has 0 fully saturated rings. The number of H-pyrrole nitrogens is 2. The predicted molar refractivity (Wildman–Crippen MR) is 145 cm³/mol. The highest BCUT2D eigenvalue weighted by Gasteiger charge is 2.37. The molecule has 2 aromatic heterocycles. The molecular formula is C27H28N8O2. The van der Waals surface area contributed by atoms with Crippen molar-refractivity contribution in [2.75, 3.05) is 12.4 Å². The largest absolute Gasteiger partial charge is 0.381 e. The van der Waals surface area contributed by atoms with Crippen molar-refractivity contribution in [3.8, 4) is 0 Å². The highest BCUT2D eigenvalue weighted by Crippen LogP contribution is 2.32. The second-order valence-electron chi connectivity index (χ2n) is 8.77. The maximum atomic E-state index is 13.8. The summed E-state index contributed by atoms with van der Waals surface area (Å²) in [6, 6.07) is 12.9. The zero-order valence-electron chi connectivity index (χ0n) is 20.7. The Labute approximate surface area is 213 Å². The molecule has 2 amide bonds. The zero-order chi connectivity index (χ0) is 25.9. The van der Waals surface area contributed by atoms with Gasteiger partial charge in [0.2, 0.25) is 5.91 Å². The maximum absolute atomic E-state index is 13.8. The van der Waals surface area contributed by atoms with Gasteiger partial charge in [0.25, 0.3) is 5.91 Å². The van der Waals surface area contributed by atoms with Crippen molar-refractivity contribution < 1.29 is 9.59 Å². The van der Waals surface area contributed by atoms with Gasteiger partial charge in [-0.1, -0.05) is 18.2 Å². The Morgan fingerprint density at radius 3 is 2.86 bits per heavy atom. The lowest BCUT2D eigenvalue weighted by Crippen LogP contribution is -2.52. The van der Waals surface area contributed by atoms with Gasteiger partial charge in [-0.3, -0.25) is 24.7 Å². The molecule has 37 heavy (non-hydrogen) atoms. The van der Waals surface area contributed by atoms with Crippen molar-refractivity contribution in [3.05, 3.63) is 71.2 Å². The minimum Gasteiger partial charge on any atom is -0.381 e. The smallest absolute Gasteiger partial charge is 0.273 e. The molecule has 5 rings (SSSR count). The molecule has 1 aliphatic heterocycles. The summed E-state index contributed by atoms with van der Waals surface area (Å²) in [6.07, 6.45) is 3.75. The molecule has 2 aromatic carbocycles. The van der Waals surface area contributed by atoms with Gasteiger partial charge in [0.05, 0.1) is 24.1 Å². The summed E-state index contributed by atoms with van der Waals surface area (Å²) in [6.45, 7) is 6.10. The van der Waals surface area contributed by atoms with E-state index in [0.717, 1.165) is 33.5 Å². The van der Waals surface area contributed by atoms with Crippen LogP contribution in [0.4, 0.5) is 17.1 Å². The number of carbonyl (C=O) groups excluding carboxylic acids is 2. The number of rotatable bonds is 7. The number of nitrogens with zero attached hydrogens (tertiary/aromatic N) is 4.